The van der Waals surface area contributed by atoms with E-state index in [1.54, 1.807) is 76.2 Å². The molecule has 3 heterocycles. The highest BCUT2D eigenvalue weighted by atomic mass is 32.2. The van der Waals surface area contributed by atoms with E-state index in [2.05, 4.69) is 41.2 Å². The first-order valence-electron chi connectivity index (χ1n) is 26.0. The van der Waals surface area contributed by atoms with Crippen LogP contribution in [0.4, 0.5) is 0 Å². The molecule has 5 rings (SSSR count). The molecule has 0 saturated carbocycles. The van der Waals surface area contributed by atoms with E-state index in [4.69, 9.17) is 9.47 Å². The quantitative estimate of drug-likeness (QED) is 0.159. The van der Waals surface area contributed by atoms with E-state index >= 15 is 0 Å². The first-order valence-corrected chi connectivity index (χ1v) is 27.9. The van der Waals surface area contributed by atoms with Crippen LogP contribution in [0.3, 0.4) is 0 Å². The molecular weight excluding hydrogens is 1100 g/mol. The van der Waals surface area contributed by atoms with Gasteiger partial charge in [0.15, 0.2) is 10.2 Å². The number of thioether (sulfide) groups is 2. The Bertz CT molecular complexity index is 2910. The SMILES string of the molecule is CC(=O)SC[C@H]1C(=O)N(C)[C@@H](C(C)C)C(=O)OC[C@@H](NC(=O)c2cnc3ccccc3n2)C(=O)N[C@@H](C)C(=O)N(C)[C@@H](CSC(C)=O)C(=O)N(C)[C@@H](C(C)C)C(=O)OC[C@@H](NC(=O)c2cnc3ccccc3n2)C(=O)N[C@@H](C)C(=O)N1C. The molecule has 1 fully saturated rings. The molecule has 26 nitrogen and oxygen atoms in total. The first-order chi connectivity index (χ1) is 38.6. The second kappa shape index (κ2) is 29.0. The summed E-state index contributed by atoms with van der Waals surface area (Å²) in [6.07, 6.45) is 2.32. The van der Waals surface area contributed by atoms with Crippen LogP contribution in [0.15, 0.2) is 60.9 Å². The van der Waals surface area contributed by atoms with Crippen molar-refractivity contribution < 1.29 is 67.0 Å². The van der Waals surface area contributed by atoms with Gasteiger partial charge in [-0.1, -0.05) is 75.5 Å². The molecule has 28 heteroatoms. The van der Waals surface area contributed by atoms with Crippen LogP contribution >= 0.6 is 23.5 Å². The number of amides is 8. The van der Waals surface area contributed by atoms with Crippen molar-refractivity contribution in [2.24, 2.45) is 11.8 Å². The standard InChI is InChI=1S/C54H68N12O14S2/c1-27(2)43-53(77)79-23-39(61-45(69)37-21-55-33-17-13-15-19-35(33)59-37)47(71)57-30(6)50(74)64(10)42(26-82-32(8)68)52(76)66(12)44(28(3)4)54(78)80-24-40(62-46(70)38-22-56-34-18-14-16-20-36(34)60-38)48(72)58-29(5)49(73)63(9)41(25-81-31(7)67)51(75)65(43)11/h13-22,27-30,39-44H,23-26H2,1-12H3,(H,57,71)(H,58,72)(H,61,69)(H,62,70)/t29-,30-,39+,40+,41-,42-,43-,44-/m0/s1. The van der Waals surface area contributed by atoms with Crippen molar-refractivity contribution in [2.45, 2.75) is 104 Å². The topological polar surface area (TPSA) is 336 Å². The normalized spacial score (nSPS) is 22.9. The van der Waals surface area contributed by atoms with Gasteiger partial charge in [0, 0.05) is 53.5 Å². The fourth-order valence-corrected chi connectivity index (χ4v) is 10.2. The fourth-order valence-electron chi connectivity index (χ4n) is 8.72. The number of para-hydroxylation sites is 4. The lowest BCUT2D eigenvalue weighted by Gasteiger charge is -2.36. The molecule has 8 amide bonds. The maximum atomic E-state index is 14.6. The van der Waals surface area contributed by atoms with Gasteiger partial charge in [0.25, 0.3) is 11.8 Å². The molecule has 0 unspecified atom stereocenters. The zero-order valence-electron chi connectivity index (χ0n) is 47.5. The summed E-state index contributed by atoms with van der Waals surface area (Å²) < 4.78 is 11.4. The van der Waals surface area contributed by atoms with Crippen molar-refractivity contribution >= 4 is 115 Å². The molecule has 0 aliphatic carbocycles. The molecule has 4 N–H and O–H groups in total. The van der Waals surface area contributed by atoms with Crippen molar-refractivity contribution in [3.8, 4) is 0 Å². The van der Waals surface area contributed by atoms with Crippen LogP contribution in [-0.4, -0.2) is 210 Å². The smallest absolute Gasteiger partial charge is 0.329 e. The highest BCUT2D eigenvalue weighted by Gasteiger charge is 2.42. The average Bonchev–Trinajstić information content (AvgIpc) is 3.63. The molecular formula is C54H68N12O14S2. The minimum Gasteiger partial charge on any atom is -0.461 e. The van der Waals surface area contributed by atoms with Gasteiger partial charge in [-0.25, -0.2) is 19.6 Å². The number of fused-ring (bicyclic) bond motifs is 2. The summed E-state index contributed by atoms with van der Waals surface area (Å²) in [4.78, 5) is 189. The van der Waals surface area contributed by atoms with Gasteiger partial charge in [-0.2, -0.15) is 0 Å². The van der Waals surface area contributed by atoms with Gasteiger partial charge in [-0.15, -0.1) is 0 Å². The van der Waals surface area contributed by atoms with Crippen molar-refractivity contribution in [2.75, 3.05) is 52.9 Å². The highest BCUT2D eigenvalue weighted by Crippen LogP contribution is 2.21. The summed E-state index contributed by atoms with van der Waals surface area (Å²) in [5.41, 5.74) is 1.12. The Kier molecular flexibility index (Phi) is 22.9. The van der Waals surface area contributed by atoms with Crippen LogP contribution < -0.4 is 21.3 Å². The highest BCUT2D eigenvalue weighted by molar-refractivity contribution is 8.13. The number of carbonyl (C=O) groups is 12. The van der Waals surface area contributed by atoms with Gasteiger partial charge in [0.1, 0.15) is 72.9 Å². The Morgan fingerprint density at radius 3 is 1.20 bits per heavy atom. The Morgan fingerprint density at radius 1 is 0.549 bits per heavy atom. The van der Waals surface area contributed by atoms with Crippen LogP contribution in [0.25, 0.3) is 22.1 Å². The third-order valence-corrected chi connectivity index (χ3v) is 15.0. The molecule has 440 valence electrons. The lowest BCUT2D eigenvalue weighted by atomic mass is 10.0. The number of carbonyl (C=O) groups excluding carboxylic acids is 12. The number of aromatic nitrogens is 4. The molecule has 8 atom stereocenters. The molecule has 0 spiro atoms. The zero-order chi connectivity index (χ0) is 60.9. The summed E-state index contributed by atoms with van der Waals surface area (Å²) >= 11 is 1.39. The lowest BCUT2D eigenvalue weighted by molar-refractivity contribution is -0.160. The maximum Gasteiger partial charge on any atom is 0.329 e. The molecule has 82 heavy (non-hydrogen) atoms. The third kappa shape index (κ3) is 16.5. The number of hydrogen-bond acceptors (Lipinski definition) is 20. The number of nitrogens with one attached hydrogen (secondary N) is 4. The number of esters is 2. The predicted molar refractivity (Wildman–Crippen MR) is 301 cm³/mol. The van der Waals surface area contributed by atoms with Crippen molar-refractivity contribution in [1.29, 1.82) is 0 Å². The minimum absolute atomic E-state index is 0.235. The number of benzene rings is 2. The molecule has 0 bridgehead atoms. The van der Waals surface area contributed by atoms with Crippen LogP contribution in [0.1, 0.15) is 76.4 Å². The number of rotatable bonds is 10. The van der Waals surface area contributed by atoms with Gasteiger partial charge in [-0.05, 0) is 49.9 Å². The summed E-state index contributed by atoms with van der Waals surface area (Å²) in [7, 11) is 4.99. The molecule has 4 aromatic rings. The number of cyclic esters (lactones) is 2. The second-order valence-corrected chi connectivity index (χ2v) is 22.5. The van der Waals surface area contributed by atoms with Crippen LogP contribution in [0, 0.1) is 11.8 Å². The van der Waals surface area contributed by atoms with Gasteiger partial charge < -0.3 is 50.3 Å². The minimum atomic E-state index is -1.76. The van der Waals surface area contributed by atoms with E-state index in [0.29, 0.717) is 45.6 Å². The monoisotopic (exact) mass is 1170 g/mol. The van der Waals surface area contributed by atoms with Crippen LogP contribution in [0.5, 0.6) is 0 Å². The fraction of sp³-hybridized carbons (Fsp3) is 0.481. The van der Waals surface area contributed by atoms with Crippen LogP contribution in [-0.2, 0) is 57.4 Å². The molecule has 2 aromatic carbocycles. The molecule has 0 radical (unpaired) electrons. The molecule has 1 aliphatic rings. The summed E-state index contributed by atoms with van der Waals surface area (Å²) in [5.74, 6) is -11.7. The number of likely N-dealkylation sites (N-methyl/N-ethyl adjacent to an activating group) is 4. The number of hydrogen-bond donors (Lipinski definition) is 4. The predicted octanol–water partition coefficient (Wildman–Crippen LogP) is 0.759. The number of nitrogens with zero attached hydrogens (tertiary/aromatic N) is 8. The van der Waals surface area contributed by atoms with Crippen LogP contribution in [0.2, 0.25) is 0 Å². The third-order valence-electron chi connectivity index (χ3n) is 13.2. The van der Waals surface area contributed by atoms with Gasteiger partial charge >= 0.3 is 11.9 Å². The van der Waals surface area contributed by atoms with E-state index in [9.17, 15) is 57.5 Å². The summed E-state index contributed by atoms with van der Waals surface area (Å²) in [5, 5.41) is 9.12. The lowest BCUT2D eigenvalue weighted by Crippen LogP contribution is -2.60. The Hall–Kier alpha value is -8.14. The maximum absolute atomic E-state index is 14.6. The van der Waals surface area contributed by atoms with E-state index in [1.807, 2.05) is 0 Å². The summed E-state index contributed by atoms with van der Waals surface area (Å²) in [6.45, 7) is 9.60. The molecule has 2 aromatic heterocycles. The van der Waals surface area contributed by atoms with E-state index < -0.39 is 143 Å². The molecule has 1 aliphatic heterocycles. The summed E-state index contributed by atoms with van der Waals surface area (Å²) in [6, 6.07) is 0.995. The first kappa shape index (κ1) is 64.7. The largest absolute Gasteiger partial charge is 0.461 e. The molecule has 1 saturated heterocycles. The average molecular weight is 1170 g/mol. The van der Waals surface area contributed by atoms with E-state index in [0.717, 1.165) is 32.0 Å². The van der Waals surface area contributed by atoms with E-state index in [-0.39, 0.29) is 22.9 Å². The van der Waals surface area contributed by atoms with Crippen molar-refractivity contribution in [3.63, 3.8) is 0 Å². The van der Waals surface area contributed by atoms with Crippen molar-refractivity contribution in [1.82, 2.24) is 60.8 Å². The second-order valence-electron chi connectivity index (χ2n) is 20.1. The van der Waals surface area contributed by atoms with Gasteiger partial charge in [-0.3, -0.25) is 57.9 Å². The van der Waals surface area contributed by atoms with Crippen molar-refractivity contribution in [3.05, 3.63) is 72.3 Å². The zero-order valence-corrected chi connectivity index (χ0v) is 49.1. The Balaban J connectivity index is 1.58. The Labute approximate surface area is 481 Å². The van der Waals surface area contributed by atoms with E-state index in [1.165, 1.54) is 55.9 Å². The van der Waals surface area contributed by atoms with Gasteiger partial charge in [0.2, 0.25) is 35.4 Å². The number of ether oxygens (including phenoxy) is 2. The Morgan fingerprint density at radius 2 is 0.878 bits per heavy atom. The van der Waals surface area contributed by atoms with Gasteiger partial charge in [0.05, 0.1) is 34.5 Å².